The van der Waals surface area contributed by atoms with Crippen molar-refractivity contribution in [2.45, 2.75) is 43.4 Å². The van der Waals surface area contributed by atoms with Gasteiger partial charge in [-0.05, 0) is 48.2 Å². The molecule has 0 spiro atoms. The Hall–Kier alpha value is -2.64. The number of aromatic amines is 1. The Morgan fingerprint density at radius 1 is 1.13 bits per heavy atom. The third-order valence-corrected chi connectivity index (χ3v) is 7.67. The van der Waals surface area contributed by atoms with Gasteiger partial charge in [-0.3, -0.25) is 5.10 Å². The zero-order valence-corrected chi connectivity index (χ0v) is 18.8. The quantitative estimate of drug-likeness (QED) is 0.567. The third-order valence-electron chi connectivity index (χ3n) is 5.79. The van der Waals surface area contributed by atoms with E-state index in [-0.39, 0.29) is 5.92 Å². The molecule has 0 aliphatic carbocycles. The summed E-state index contributed by atoms with van der Waals surface area (Å²) >= 11 is 0. The van der Waals surface area contributed by atoms with E-state index in [1.165, 1.54) is 5.56 Å². The van der Waals surface area contributed by atoms with Crippen molar-refractivity contribution in [2.75, 3.05) is 19.7 Å². The van der Waals surface area contributed by atoms with Gasteiger partial charge >= 0.3 is 0 Å². The Bertz CT molecular complexity index is 1090. The molecule has 3 aromatic rings. The number of hydrogen-bond acceptors (Lipinski definition) is 4. The first-order valence-electron chi connectivity index (χ1n) is 10.8. The number of ether oxygens (including phenoxy) is 1. The van der Waals surface area contributed by atoms with Crippen LogP contribution in [-0.4, -0.2) is 42.6 Å². The molecule has 164 valence electrons. The largest absolute Gasteiger partial charge is 0.493 e. The number of hydrogen-bond donors (Lipinski definition) is 1. The zero-order chi connectivity index (χ0) is 21.8. The van der Waals surface area contributed by atoms with E-state index in [0.717, 1.165) is 30.0 Å². The SMILES string of the molecule is CC(C)c1ccc(OCCc2cc([C@H]3CCN(S(=O)(=O)c4ccccc4)C3)n[nH]2)cc1. The number of benzene rings is 2. The van der Waals surface area contributed by atoms with Crippen molar-refractivity contribution >= 4 is 10.0 Å². The fourth-order valence-electron chi connectivity index (χ4n) is 3.87. The van der Waals surface area contributed by atoms with Gasteiger partial charge < -0.3 is 4.74 Å². The number of sulfonamides is 1. The van der Waals surface area contributed by atoms with Crippen LogP contribution in [0, 0.1) is 0 Å². The standard InChI is InChI=1S/C24H29N3O3S/c1-18(2)19-8-10-22(11-9-19)30-15-13-21-16-24(26-25-21)20-12-14-27(17-20)31(28,29)23-6-4-3-5-7-23/h3-11,16,18,20H,12-15,17H2,1-2H3,(H,25,26)/t20-/m0/s1. The number of aromatic nitrogens is 2. The molecule has 0 saturated carbocycles. The van der Waals surface area contributed by atoms with Gasteiger partial charge in [0.2, 0.25) is 10.0 Å². The molecule has 0 amide bonds. The molecular weight excluding hydrogens is 410 g/mol. The maximum Gasteiger partial charge on any atom is 0.243 e. The van der Waals surface area contributed by atoms with Gasteiger partial charge in [-0.2, -0.15) is 9.40 Å². The lowest BCUT2D eigenvalue weighted by molar-refractivity contribution is 0.320. The number of nitrogens with one attached hydrogen (secondary N) is 1. The van der Waals surface area contributed by atoms with Gasteiger partial charge in [-0.15, -0.1) is 0 Å². The second-order valence-electron chi connectivity index (χ2n) is 8.30. The minimum Gasteiger partial charge on any atom is -0.493 e. The fraction of sp³-hybridized carbons (Fsp3) is 0.375. The van der Waals surface area contributed by atoms with E-state index in [2.05, 4.69) is 36.2 Å². The van der Waals surface area contributed by atoms with Crippen LogP contribution in [0.3, 0.4) is 0 Å². The summed E-state index contributed by atoms with van der Waals surface area (Å²) < 4.78 is 33.1. The summed E-state index contributed by atoms with van der Waals surface area (Å²) in [7, 11) is -3.45. The molecule has 7 heteroatoms. The molecule has 4 rings (SSSR count). The van der Waals surface area contributed by atoms with Gasteiger partial charge in [-0.1, -0.05) is 44.2 Å². The van der Waals surface area contributed by atoms with Crippen molar-refractivity contribution in [1.82, 2.24) is 14.5 Å². The smallest absolute Gasteiger partial charge is 0.243 e. The minimum atomic E-state index is -3.45. The van der Waals surface area contributed by atoms with E-state index in [9.17, 15) is 8.42 Å². The summed E-state index contributed by atoms with van der Waals surface area (Å²) in [6.07, 6.45) is 1.49. The van der Waals surface area contributed by atoms with Crippen LogP contribution in [0.2, 0.25) is 0 Å². The summed E-state index contributed by atoms with van der Waals surface area (Å²) in [4.78, 5) is 0.344. The lowest BCUT2D eigenvalue weighted by Crippen LogP contribution is -2.28. The van der Waals surface area contributed by atoms with Crippen molar-refractivity contribution in [2.24, 2.45) is 0 Å². The molecule has 1 aromatic heterocycles. The van der Waals surface area contributed by atoms with E-state index in [1.54, 1.807) is 28.6 Å². The highest BCUT2D eigenvalue weighted by Crippen LogP contribution is 2.30. The van der Waals surface area contributed by atoms with Crippen LogP contribution in [0.5, 0.6) is 5.75 Å². The Morgan fingerprint density at radius 3 is 2.58 bits per heavy atom. The van der Waals surface area contributed by atoms with E-state index >= 15 is 0 Å². The number of rotatable bonds is 8. The molecule has 1 saturated heterocycles. The van der Waals surface area contributed by atoms with Crippen molar-refractivity contribution in [3.05, 3.63) is 77.6 Å². The van der Waals surface area contributed by atoms with E-state index in [0.29, 0.717) is 30.5 Å². The van der Waals surface area contributed by atoms with Crippen LogP contribution in [0.1, 0.15) is 49.1 Å². The molecule has 6 nitrogen and oxygen atoms in total. The summed E-state index contributed by atoms with van der Waals surface area (Å²) in [5.74, 6) is 1.47. The Morgan fingerprint density at radius 2 is 1.87 bits per heavy atom. The molecule has 2 aromatic carbocycles. The van der Waals surface area contributed by atoms with Gasteiger partial charge in [0.1, 0.15) is 5.75 Å². The van der Waals surface area contributed by atoms with Gasteiger partial charge in [0.25, 0.3) is 0 Å². The molecule has 1 aliphatic heterocycles. The van der Waals surface area contributed by atoms with E-state index < -0.39 is 10.0 Å². The Kier molecular flexibility index (Phi) is 6.43. The van der Waals surface area contributed by atoms with Crippen LogP contribution < -0.4 is 4.74 Å². The van der Waals surface area contributed by atoms with Crippen molar-refractivity contribution in [3.8, 4) is 5.75 Å². The molecule has 31 heavy (non-hydrogen) atoms. The highest BCUT2D eigenvalue weighted by molar-refractivity contribution is 7.89. The first-order chi connectivity index (χ1) is 14.9. The van der Waals surface area contributed by atoms with E-state index in [4.69, 9.17) is 4.74 Å². The summed E-state index contributed by atoms with van der Waals surface area (Å²) in [6.45, 7) is 5.88. The maximum atomic E-state index is 12.8. The van der Waals surface area contributed by atoms with Crippen molar-refractivity contribution in [3.63, 3.8) is 0 Å². The molecule has 0 radical (unpaired) electrons. The monoisotopic (exact) mass is 439 g/mol. The van der Waals surface area contributed by atoms with Crippen LogP contribution in [0.25, 0.3) is 0 Å². The average molecular weight is 440 g/mol. The first-order valence-corrected chi connectivity index (χ1v) is 12.2. The first kappa shape index (κ1) is 21.6. The normalized spacial score (nSPS) is 17.3. The Balaban J connectivity index is 1.31. The molecular formula is C24H29N3O3S. The zero-order valence-electron chi connectivity index (χ0n) is 18.0. The topological polar surface area (TPSA) is 75.3 Å². The number of nitrogens with zero attached hydrogens (tertiary/aromatic N) is 2. The molecule has 1 fully saturated rings. The molecule has 0 unspecified atom stereocenters. The van der Waals surface area contributed by atoms with Gasteiger partial charge in [0.15, 0.2) is 0 Å². The Labute approximate surface area is 184 Å². The summed E-state index contributed by atoms with van der Waals surface area (Å²) in [5, 5.41) is 7.52. The van der Waals surface area contributed by atoms with Gasteiger partial charge in [0.05, 0.1) is 17.2 Å². The molecule has 1 aliphatic rings. The van der Waals surface area contributed by atoms with Crippen LogP contribution in [0.4, 0.5) is 0 Å². The molecule has 1 atom stereocenters. The lowest BCUT2D eigenvalue weighted by atomic mass is 10.0. The summed E-state index contributed by atoms with van der Waals surface area (Å²) in [6, 6.07) is 18.9. The third kappa shape index (κ3) is 4.99. The van der Waals surface area contributed by atoms with Crippen molar-refractivity contribution < 1.29 is 13.2 Å². The van der Waals surface area contributed by atoms with Crippen LogP contribution >= 0.6 is 0 Å². The maximum absolute atomic E-state index is 12.8. The average Bonchev–Trinajstić information content (AvgIpc) is 3.45. The van der Waals surface area contributed by atoms with Crippen LogP contribution in [0.15, 0.2) is 65.6 Å². The van der Waals surface area contributed by atoms with Gasteiger partial charge in [0, 0.05) is 31.1 Å². The minimum absolute atomic E-state index is 0.105. The molecule has 0 bridgehead atoms. The predicted molar refractivity (Wildman–Crippen MR) is 121 cm³/mol. The second kappa shape index (κ2) is 9.24. The van der Waals surface area contributed by atoms with Crippen molar-refractivity contribution in [1.29, 1.82) is 0 Å². The van der Waals surface area contributed by atoms with E-state index in [1.807, 2.05) is 24.3 Å². The van der Waals surface area contributed by atoms with Crippen LogP contribution in [-0.2, 0) is 16.4 Å². The summed E-state index contributed by atoms with van der Waals surface area (Å²) in [5.41, 5.74) is 3.21. The molecule has 1 N–H and O–H groups in total. The second-order valence-corrected chi connectivity index (χ2v) is 10.2. The lowest BCUT2D eigenvalue weighted by Gasteiger charge is -2.16. The molecule has 2 heterocycles. The highest BCUT2D eigenvalue weighted by Gasteiger charge is 2.34. The highest BCUT2D eigenvalue weighted by atomic mass is 32.2. The fourth-order valence-corrected chi connectivity index (χ4v) is 5.40. The van der Waals surface area contributed by atoms with Gasteiger partial charge in [-0.25, -0.2) is 8.42 Å². The number of H-pyrrole nitrogens is 1. The predicted octanol–water partition coefficient (Wildman–Crippen LogP) is 4.33.